The smallest absolute Gasteiger partial charge is 0.310 e. The first-order valence-corrected chi connectivity index (χ1v) is 12.4. The summed E-state index contributed by atoms with van der Waals surface area (Å²) in [4.78, 5) is 61.2. The third-order valence-corrected chi connectivity index (χ3v) is 6.83. The van der Waals surface area contributed by atoms with Gasteiger partial charge in [-0.15, -0.1) is 0 Å². The van der Waals surface area contributed by atoms with Gasteiger partial charge in [-0.3, -0.25) is 29.3 Å². The Bertz CT molecular complexity index is 1290. The highest BCUT2D eigenvalue weighted by atomic mass is 16.6. The normalized spacial score (nSPS) is 19.3. The second-order valence-electron chi connectivity index (χ2n) is 9.54. The molecule has 1 saturated heterocycles. The largest absolute Gasteiger partial charge is 0.502 e. The molecule has 39 heavy (non-hydrogen) atoms. The van der Waals surface area contributed by atoms with Crippen molar-refractivity contribution in [3.63, 3.8) is 0 Å². The molecule has 206 valence electrons. The lowest BCUT2D eigenvalue weighted by molar-refractivity contribution is -0.385. The van der Waals surface area contributed by atoms with Gasteiger partial charge in [0.1, 0.15) is 12.1 Å². The Hall–Kier alpha value is -4.52. The fourth-order valence-electron chi connectivity index (χ4n) is 4.83. The van der Waals surface area contributed by atoms with Gasteiger partial charge in [0.15, 0.2) is 18.0 Å². The van der Waals surface area contributed by atoms with Gasteiger partial charge in [-0.05, 0) is 48.4 Å². The molecule has 1 fully saturated rings. The summed E-state index contributed by atoms with van der Waals surface area (Å²) in [5, 5.41) is 28.8. The van der Waals surface area contributed by atoms with Gasteiger partial charge >= 0.3 is 5.69 Å². The third kappa shape index (κ3) is 6.32. The Morgan fingerprint density at radius 2 is 1.72 bits per heavy atom. The number of rotatable bonds is 11. The predicted octanol–water partition coefficient (Wildman–Crippen LogP) is -0.384. The van der Waals surface area contributed by atoms with Crippen LogP contribution in [0.2, 0.25) is 0 Å². The number of hydrogen-bond acceptors (Lipinski definition) is 8. The molecule has 0 aromatic heterocycles. The first kappa shape index (κ1) is 27.5. The van der Waals surface area contributed by atoms with E-state index in [1.165, 1.54) is 6.07 Å². The molecule has 2 aromatic carbocycles. The van der Waals surface area contributed by atoms with Crippen molar-refractivity contribution in [3.05, 3.63) is 69.3 Å². The number of benzene rings is 2. The highest BCUT2D eigenvalue weighted by Crippen LogP contribution is 2.30. The number of fused-ring (bicyclic) bond motifs is 1. The van der Waals surface area contributed by atoms with E-state index in [4.69, 9.17) is 10.5 Å². The van der Waals surface area contributed by atoms with Crippen LogP contribution >= 0.6 is 0 Å². The number of carbonyl (C=O) groups is 4. The minimum absolute atomic E-state index is 0.215. The molecule has 0 bridgehead atoms. The number of primary amides is 1. The molecule has 4 atom stereocenters. The molecule has 1 unspecified atom stereocenters. The van der Waals surface area contributed by atoms with Gasteiger partial charge in [0.25, 0.3) is 11.8 Å². The number of hydrogen-bond donors (Lipinski definition) is 5. The fraction of sp³-hybridized carbons (Fsp3) is 0.385. The fourth-order valence-corrected chi connectivity index (χ4v) is 4.83. The number of carbonyl (C=O) groups excluding carboxylic acids is 4. The number of likely N-dealkylation sites (N-methyl/N-ethyl adjacent to an activating group) is 1. The molecule has 0 spiro atoms. The number of nitrogens with one attached hydrogen (secondary N) is 3. The van der Waals surface area contributed by atoms with Gasteiger partial charge in [0.2, 0.25) is 11.8 Å². The number of aromatic hydroxyl groups is 1. The van der Waals surface area contributed by atoms with E-state index in [0.29, 0.717) is 19.4 Å². The number of nitro benzene ring substituents is 1. The molecule has 13 heteroatoms. The minimum Gasteiger partial charge on any atom is -0.502 e. The van der Waals surface area contributed by atoms with Gasteiger partial charge in [0, 0.05) is 19.0 Å². The summed E-state index contributed by atoms with van der Waals surface area (Å²) in [6.07, 6.45) is -1.28. The van der Waals surface area contributed by atoms with Crippen LogP contribution in [0.5, 0.6) is 5.75 Å². The van der Waals surface area contributed by atoms with Crippen LogP contribution in [0, 0.1) is 16.0 Å². The zero-order chi connectivity index (χ0) is 28.3. The zero-order valence-electron chi connectivity index (χ0n) is 21.1. The standard InChI is InChI=1S/C26H29N5O8/c1-2-28-25(35)21-22(39-21)26(36)29-17(9-13-7-8-19(32)18(10-13)31(37)38)24(34)30-20(23(27)33)16-11-14-5-3-4-6-15(14)12-16/h3-8,10,16-17,20-22,32H,2,9,11-12H2,1H3,(H2,27,33)(H,28,35)(H,29,36)(H,30,34)/t17-,20-,21+,22?/m1/s1. The molecule has 0 radical (unpaired) electrons. The van der Waals surface area contributed by atoms with E-state index in [0.717, 1.165) is 23.3 Å². The summed E-state index contributed by atoms with van der Waals surface area (Å²) in [6, 6.07) is 8.88. The maximum Gasteiger partial charge on any atom is 0.310 e. The molecule has 13 nitrogen and oxygen atoms in total. The lowest BCUT2D eigenvalue weighted by Crippen LogP contribution is -2.56. The Balaban J connectivity index is 1.53. The lowest BCUT2D eigenvalue weighted by atomic mass is 9.95. The second kappa shape index (κ2) is 11.5. The number of phenols is 1. The van der Waals surface area contributed by atoms with Crippen LogP contribution in [0.4, 0.5) is 5.69 Å². The molecule has 1 aliphatic carbocycles. The number of nitrogens with zero attached hydrogens (tertiary/aromatic N) is 1. The number of phenolic OH excluding ortho intramolecular Hbond substituents is 1. The van der Waals surface area contributed by atoms with Crippen molar-refractivity contribution in [2.75, 3.05) is 6.54 Å². The van der Waals surface area contributed by atoms with E-state index in [1.54, 1.807) is 6.92 Å². The topological polar surface area (TPSA) is 206 Å². The van der Waals surface area contributed by atoms with Gasteiger partial charge in [-0.25, -0.2) is 0 Å². The van der Waals surface area contributed by atoms with Crippen molar-refractivity contribution in [1.82, 2.24) is 16.0 Å². The number of nitro groups is 1. The molecular formula is C26H29N5O8. The van der Waals surface area contributed by atoms with Crippen molar-refractivity contribution in [1.29, 1.82) is 0 Å². The Morgan fingerprint density at radius 3 is 2.31 bits per heavy atom. The maximum atomic E-state index is 13.4. The van der Waals surface area contributed by atoms with Crippen LogP contribution in [0.15, 0.2) is 42.5 Å². The van der Waals surface area contributed by atoms with Crippen LogP contribution in [-0.2, 0) is 43.2 Å². The Labute approximate surface area is 223 Å². The monoisotopic (exact) mass is 539 g/mol. The Morgan fingerprint density at radius 1 is 1.08 bits per heavy atom. The number of ether oxygens (including phenoxy) is 1. The van der Waals surface area contributed by atoms with Gasteiger partial charge < -0.3 is 31.5 Å². The summed E-state index contributed by atoms with van der Waals surface area (Å²) in [7, 11) is 0. The maximum absolute atomic E-state index is 13.4. The summed E-state index contributed by atoms with van der Waals surface area (Å²) >= 11 is 0. The second-order valence-corrected chi connectivity index (χ2v) is 9.54. The third-order valence-electron chi connectivity index (χ3n) is 6.83. The van der Waals surface area contributed by atoms with E-state index in [9.17, 15) is 34.4 Å². The molecule has 4 rings (SSSR count). The van der Waals surface area contributed by atoms with Gasteiger partial charge in [-0.1, -0.05) is 30.3 Å². The van der Waals surface area contributed by atoms with E-state index < -0.39 is 64.3 Å². The highest BCUT2D eigenvalue weighted by Gasteiger charge is 2.51. The van der Waals surface area contributed by atoms with Crippen molar-refractivity contribution < 1.29 is 33.9 Å². The van der Waals surface area contributed by atoms with E-state index in [1.807, 2.05) is 24.3 Å². The van der Waals surface area contributed by atoms with Crippen molar-refractivity contribution in [2.24, 2.45) is 11.7 Å². The van der Waals surface area contributed by atoms with E-state index in [-0.39, 0.29) is 17.9 Å². The summed E-state index contributed by atoms with van der Waals surface area (Å²) in [5.41, 5.74) is 7.44. The van der Waals surface area contributed by atoms with Crippen LogP contribution in [0.25, 0.3) is 0 Å². The molecule has 0 saturated carbocycles. The summed E-state index contributed by atoms with van der Waals surface area (Å²) in [5.74, 6) is -3.54. The highest BCUT2D eigenvalue weighted by molar-refractivity contribution is 5.97. The van der Waals surface area contributed by atoms with Crippen molar-refractivity contribution in [3.8, 4) is 5.75 Å². The van der Waals surface area contributed by atoms with Crippen LogP contribution in [0.3, 0.4) is 0 Å². The molecule has 2 aliphatic rings. The quantitative estimate of drug-likeness (QED) is 0.144. The van der Waals surface area contributed by atoms with Gasteiger partial charge in [-0.2, -0.15) is 0 Å². The van der Waals surface area contributed by atoms with Crippen molar-refractivity contribution in [2.45, 2.75) is 50.5 Å². The molecule has 1 aliphatic heterocycles. The number of amides is 4. The first-order valence-electron chi connectivity index (χ1n) is 12.4. The van der Waals surface area contributed by atoms with E-state index >= 15 is 0 Å². The molecule has 6 N–H and O–H groups in total. The first-order chi connectivity index (χ1) is 18.6. The molecule has 2 aromatic rings. The summed E-state index contributed by atoms with van der Waals surface area (Å²) < 4.78 is 5.17. The summed E-state index contributed by atoms with van der Waals surface area (Å²) in [6.45, 7) is 2.06. The Kier molecular flexibility index (Phi) is 8.10. The van der Waals surface area contributed by atoms with Crippen LogP contribution in [0.1, 0.15) is 23.6 Å². The SMILES string of the molecule is CCNC(=O)[C@H]1OC1C(=O)N[C@H](Cc1ccc(O)c([N+](=O)[O-])c1)C(=O)N[C@@H](C(N)=O)C1Cc2ccccc2C1. The molecule has 4 amide bonds. The van der Waals surface area contributed by atoms with Gasteiger partial charge in [0.05, 0.1) is 4.92 Å². The zero-order valence-corrected chi connectivity index (χ0v) is 21.1. The molecule has 1 heterocycles. The minimum atomic E-state index is -1.30. The number of nitrogens with two attached hydrogens (primary N) is 1. The van der Waals surface area contributed by atoms with Crippen LogP contribution in [-0.4, -0.2) is 64.5 Å². The number of epoxide rings is 1. The average molecular weight is 540 g/mol. The average Bonchev–Trinajstić information content (AvgIpc) is 3.59. The van der Waals surface area contributed by atoms with Crippen molar-refractivity contribution >= 4 is 29.3 Å². The van der Waals surface area contributed by atoms with E-state index in [2.05, 4.69) is 16.0 Å². The lowest BCUT2D eigenvalue weighted by Gasteiger charge is -2.25. The predicted molar refractivity (Wildman–Crippen MR) is 136 cm³/mol. The molecular weight excluding hydrogens is 510 g/mol. The van der Waals surface area contributed by atoms with Crippen LogP contribution < -0.4 is 21.7 Å².